The summed E-state index contributed by atoms with van der Waals surface area (Å²) >= 11 is 5.31. The highest BCUT2D eigenvalue weighted by Crippen LogP contribution is 2.34. The number of para-hydroxylation sites is 1. The summed E-state index contributed by atoms with van der Waals surface area (Å²) in [7, 11) is 1.61. The number of rotatable bonds is 6. The van der Waals surface area contributed by atoms with Gasteiger partial charge in [0.1, 0.15) is 5.75 Å². The molecule has 1 aromatic carbocycles. The highest BCUT2D eigenvalue weighted by Gasteiger charge is 2.33. The van der Waals surface area contributed by atoms with Crippen LogP contribution in [0, 0.1) is 0 Å². The Balaban J connectivity index is 2.55. The van der Waals surface area contributed by atoms with Crippen molar-refractivity contribution in [3.8, 4) is 5.75 Å². The van der Waals surface area contributed by atoms with Gasteiger partial charge in [-0.25, -0.2) is 4.79 Å². The van der Waals surface area contributed by atoms with E-state index < -0.39 is 0 Å². The van der Waals surface area contributed by atoms with E-state index >= 15 is 0 Å². The molecule has 124 valence electrons. The molecule has 0 bridgehead atoms. The van der Waals surface area contributed by atoms with Gasteiger partial charge >= 0.3 is 5.97 Å². The first-order chi connectivity index (χ1) is 11.1. The standard InChI is InChI=1S/C17H22N2O3S/c1-4-8-12-14(16(20)22-5-2)15(19-17(23)18-12)11-9-6-7-10-13(11)21-3/h6-7,9-10,15H,4-5,8H2,1-3H3,(H2,18,19,23)/t15-/m0/s1. The molecule has 0 aliphatic carbocycles. The molecular formula is C17H22N2O3S. The van der Waals surface area contributed by atoms with Gasteiger partial charge in [0.15, 0.2) is 5.11 Å². The number of methoxy groups -OCH3 is 1. The average molecular weight is 334 g/mol. The average Bonchev–Trinajstić information content (AvgIpc) is 2.54. The van der Waals surface area contributed by atoms with Gasteiger partial charge in [0.25, 0.3) is 0 Å². The number of allylic oxidation sites excluding steroid dienone is 1. The zero-order chi connectivity index (χ0) is 16.8. The summed E-state index contributed by atoms with van der Waals surface area (Å²) in [6.45, 7) is 4.18. The fourth-order valence-corrected chi connectivity index (χ4v) is 2.89. The number of carbonyl (C=O) groups excluding carboxylic acids is 1. The lowest BCUT2D eigenvalue weighted by atomic mass is 9.93. The van der Waals surface area contributed by atoms with Crippen molar-refractivity contribution in [1.82, 2.24) is 10.6 Å². The molecule has 0 saturated carbocycles. The van der Waals surface area contributed by atoms with Gasteiger partial charge in [0.2, 0.25) is 0 Å². The van der Waals surface area contributed by atoms with Crippen LogP contribution in [0.3, 0.4) is 0 Å². The zero-order valence-corrected chi connectivity index (χ0v) is 14.5. The lowest BCUT2D eigenvalue weighted by Crippen LogP contribution is -2.45. The second kappa shape index (κ2) is 7.97. The fraction of sp³-hybridized carbons (Fsp3) is 0.412. The van der Waals surface area contributed by atoms with Crippen LogP contribution in [0.4, 0.5) is 0 Å². The molecule has 1 aromatic rings. The predicted molar refractivity (Wildman–Crippen MR) is 93.2 cm³/mol. The summed E-state index contributed by atoms with van der Waals surface area (Å²) in [4.78, 5) is 12.5. The minimum atomic E-state index is -0.388. The van der Waals surface area contributed by atoms with Gasteiger partial charge in [-0.3, -0.25) is 0 Å². The van der Waals surface area contributed by atoms with Crippen LogP contribution >= 0.6 is 12.2 Å². The highest BCUT2D eigenvalue weighted by molar-refractivity contribution is 7.80. The molecule has 0 spiro atoms. The molecule has 0 saturated heterocycles. The van der Waals surface area contributed by atoms with Crippen molar-refractivity contribution in [2.45, 2.75) is 32.7 Å². The third kappa shape index (κ3) is 3.82. The van der Waals surface area contributed by atoms with Crippen LogP contribution in [-0.4, -0.2) is 24.8 Å². The number of hydrogen-bond acceptors (Lipinski definition) is 4. The Kier molecular flexibility index (Phi) is 5.98. The van der Waals surface area contributed by atoms with Gasteiger partial charge in [-0.2, -0.15) is 0 Å². The molecule has 0 aromatic heterocycles. The Morgan fingerprint density at radius 1 is 1.30 bits per heavy atom. The molecule has 1 atom stereocenters. The molecule has 2 rings (SSSR count). The maximum absolute atomic E-state index is 12.5. The molecule has 1 aliphatic heterocycles. The van der Waals surface area contributed by atoms with E-state index in [9.17, 15) is 4.79 Å². The Labute approximate surface area is 142 Å². The summed E-state index contributed by atoms with van der Waals surface area (Å²) in [5.74, 6) is 0.363. The molecule has 0 fully saturated rings. The summed E-state index contributed by atoms with van der Waals surface area (Å²) in [6, 6.07) is 7.20. The Morgan fingerprint density at radius 2 is 2.04 bits per heavy atom. The van der Waals surface area contributed by atoms with E-state index in [1.54, 1.807) is 14.0 Å². The maximum Gasteiger partial charge on any atom is 0.338 e. The van der Waals surface area contributed by atoms with Crippen molar-refractivity contribution in [1.29, 1.82) is 0 Å². The van der Waals surface area contributed by atoms with E-state index in [2.05, 4.69) is 17.6 Å². The van der Waals surface area contributed by atoms with Crippen LogP contribution in [0.1, 0.15) is 38.3 Å². The number of carbonyl (C=O) groups is 1. The largest absolute Gasteiger partial charge is 0.496 e. The summed E-state index contributed by atoms with van der Waals surface area (Å²) < 4.78 is 10.7. The molecule has 1 heterocycles. The first kappa shape index (κ1) is 17.3. The lowest BCUT2D eigenvalue weighted by Gasteiger charge is -2.31. The summed E-state index contributed by atoms with van der Waals surface area (Å²) in [5, 5.41) is 6.77. The van der Waals surface area contributed by atoms with Crippen LogP contribution in [-0.2, 0) is 9.53 Å². The normalized spacial score (nSPS) is 17.3. The Morgan fingerprint density at radius 3 is 2.70 bits per heavy atom. The minimum Gasteiger partial charge on any atom is -0.496 e. The van der Waals surface area contributed by atoms with Crippen molar-refractivity contribution < 1.29 is 14.3 Å². The van der Waals surface area contributed by atoms with Crippen molar-refractivity contribution in [2.24, 2.45) is 0 Å². The van der Waals surface area contributed by atoms with E-state index in [0.717, 1.165) is 24.1 Å². The summed E-state index contributed by atoms with van der Waals surface area (Å²) in [6.07, 6.45) is 1.62. The van der Waals surface area contributed by atoms with E-state index in [0.29, 0.717) is 23.0 Å². The first-order valence-corrected chi connectivity index (χ1v) is 8.13. The molecule has 1 aliphatic rings. The molecular weight excluding hydrogens is 312 g/mol. The topological polar surface area (TPSA) is 59.6 Å². The zero-order valence-electron chi connectivity index (χ0n) is 13.6. The van der Waals surface area contributed by atoms with Crippen LogP contribution in [0.2, 0.25) is 0 Å². The van der Waals surface area contributed by atoms with E-state index in [1.807, 2.05) is 24.3 Å². The van der Waals surface area contributed by atoms with E-state index in [1.165, 1.54) is 0 Å². The lowest BCUT2D eigenvalue weighted by molar-refractivity contribution is -0.139. The van der Waals surface area contributed by atoms with Gasteiger partial charge in [0, 0.05) is 11.3 Å². The fourth-order valence-electron chi connectivity index (χ4n) is 2.65. The molecule has 5 nitrogen and oxygen atoms in total. The Hall–Kier alpha value is -2.08. The SMILES string of the molecule is CCCC1=C(C(=O)OCC)[C@H](c2ccccc2OC)NC(=S)N1. The second-order valence-electron chi connectivity index (χ2n) is 5.14. The number of thiocarbonyl (C=S) groups is 1. The number of benzene rings is 1. The monoisotopic (exact) mass is 334 g/mol. The third-order valence-corrected chi connectivity index (χ3v) is 3.82. The van der Waals surface area contributed by atoms with Crippen molar-refractivity contribution in [3.63, 3.8) is 0 Å². The summed E-state index contributed by atoms with van der Waals surface area (Å²) in [5.41, 5.74) is 2.23. The van der Waals surface area contributed by atoms with Crippen LogP contribution in [0.25, 0.3) is 0 Å². The van der Waals surface area contributed by atoms with Crippen molar-refractivity contribution in [2.75, 3.05) is 13.7 Å². The second-order valence-corrected chi connectivity index (χ2v) is 5.54. The first-order valence-electron chi connectivity index (χ1n) is 7.72. The van der Waals surface area contributed by atoms with Gasteiger partial charge in [0.05, 0.1) is 25.3 Å². The maximum atomic E-state index is 12.5. The number of ether oxygens (including phenoxy) is 2. The molecule has 0 unspecified atom stereocenters. The quantitative estimate of drug-likeness (QED) is 0.616. The smallest absolute Gasteiger partial charge is 0.338 e. The van der Waals surface area contributed by atoms with Crippen LogP contribution in [0.15, 0.2) is 35.5 Å². The predicted octanol–water partition coefficient (Wildman–Crippen LogP) is 2.83. The third-order valence-electron chi connectivity index (χ3n) is 3.60. The molecule has 0 amide bonds. The van der Waals surface area contributed by atoms with E-state index in [4.69, 9.17) is 21.7 Å². The van der Waals surface area contributed by atoms with Gasteiger partial charge < -0.3 is 20.1 Å². The number of hydrogen-bond donors (Lipinski definition) is 2. The van der Waals surface area contributed by atoms with Crippen molar-refractivity contribution >= 4 is 23.3 Å². The highest BCUT2D eigenvalue weighted by atomic mass is 32.1. The number of esters is 1. The van der Waals surface area contributed by atoms with E-state index in [-0.39, 0.29) is 12.0 Å². The minimum absolute atomic E-state index is 0.324. The van der Waals surface area contributed by atoms with Crippen molar-refractivity contribution in [3.05, 3.63) is 41.1 Å². The molecule has 0 radical (unpaired) electrons. The van der Waals surface area contributed by atoms with Crippen LogP contribution < -0.4 is 15.4 Å². The van der Waals surface area contributed by atoms with Gasteiger partial charge in [-0.05, 0) is 31.6 Å². The van der Waals surface area contributed by atoms with Gasteiger partial charge in [-0.1, -0.05) is 31.5 Å². The molecule has 23 heavy (non-hydrogen) atoms. The number of nitrogens with one attached hydrogen (secondary N) is 2. The van der Waals surface area contributed by atoms with Crippen LogP contribution in [0.5, 0.6) is 5.75 Å². The molecule has 2 N–H and O–H groups in total. The Bertz CT molecular complexity index is 628. The van der Waals surface area contributed by atoms with Gasteiger partial charge in [-0.15, -0.1) is 0 Å². The molecule has 6 heteroatoms.